The summed E-state index contributed by atoms with van der Waals surface area (Å²) in [4.78, 5) is 17.5. The molecule has 2 unspecified atom stereocenters. The summed E-state index contributed by atoms with van der Waals surface area (Å²) < 4.78 is 0. The predicted octanol–water partition coefficient (Wildman–Crippen LogP) is 4.15. The number of hydrogen-bond acceptors (Lipinski definition) is 5. The van der Waals surface area contributed by atoms with Crippen molar-refractivity contribution in [3.05, 3.63) is 18.0 Å². The molecule has 0 saturated carbocycles. The fraction of sp³-hybridized carbons (Fsp3) is 0.833. The molecule has 3 aliphatic heterocycles. The van der Waals surface area contributed by atoms with E-state index in [4.69, 9.17) is 9.97 Å². The molecule has 1 aromatic heterocycles. The molecule has 0 radical (unpaired) electrons. The van der Waals surface area contributed by atoms with E-state index in [1.54, 1.807) is 0 Å². The van der Waals surface area contributed by atoms with Gasteiger partial charge in [0.1, 0.15) is 0 Å². The Morgan fingerprint density at radius 2 is 1.55 bits per heavy atom. The molecule has 3 fully saturated rings. The van der Waals surface area contributed by atoms with Crippen LogP contribution in [0.3, 0.4) is 0 Å². The van der Waals surface area contributed by atoms with Crippen molar-refractivity contribution in [2.75, 3.05) is 37.6 Å². The first-order chi connectivity index (χ1) is 14.0. The molecule has 4 rings (SSSR count). The fourth-order valence-corrected chi connectivity index (χ4v) is 5.57. The number of hydrogen-bond donors (Lipinski definition) is 0. The molecule has 0 amide bonds. The molecule has 29 heavy (non-hydrogen) atoms. The van der Waals surface area contributed by atoms with Gasteiger partial charge in [-0.15, -0.1) is 0 Å². The van der Waals surface area contributed by atoms with Gasteiger partial charge in [0.2, 0.25) is 5.95 Å². The first-order valence-corrected chi connectivity index (χ1v) is 12.1. The number of aromatic nitrogens is 2. The van der Waals surface area contributed by atoms with Gasteiger partial charge in [0.15, 0.2) is 0 Å². The number of likely N-dealkylation sites (tertiary alicyclic amines) is 2. The molecular formula is C24H41N5. The monoisotopic (exact) mass is 399 g/mol. The second-order valence-corrected chi connectivity index (χ2v) is 10.3. The van der Waals surface area contributed by atoms with Crippen LogP contribution in [0.25, 0.3) is 0 Å². The number of rotatable bonds is 7. The highest BCUT2D eigenvalue weighted by Crippen LogP contribution is 2.34. The van der Waals surface area contributed by atoms with E-state index in [1.807, 2.05) is 0 Å². The summed E-state index contributed by atoms with van der Waals surface area (Å²) in [5, 5.41) is 0. The van der Waals surface area contributed by atoms with Gasteiger partial charge in [-0.3, -0.25) is 4.90 Å². The van der Waals surface area contributed by atoms with Crippen molar-refractivity contribution in [3.63, 3.8) is 0 Å². The molecule has 3 aliphatic rings. The number of piperazine rings is 1. The highest BCUT2D eigenvalue weighted by molar-refractivity contribution is 5.38. The van der Waals surface area contributed by atoms with Crippen LogP contribution in [0.2, 0.25) is 0 Å². The van der Waals surface area contributed by atoms with Crippen molar-refractivity contribution >= 4 is 5.95 Å². The number of nitrogens with zero attached hydrogens (tertiary/aromatic N) is 5. The Morgan fingerprint density at radius 3 is 2.10 bits per heavy atom. The molecule has 5 heteroatoms. The average molecular weight is 400 g/mol. The standard InChI is InChI=1S/C24H41N5/c1-18(2)6-5-11-27-12-9-20(10-13-27)21-14-25-24(26-15-21)29-22-7-8-23(29)17-28(16-22)19(3)4/h14-15,18-20,22-23H,5-13,16-17H2,1-4H3. The van der Waals surface area contributed by atoms with Crippen LogP contribution in [0, 0.1) is 5.92 Å². The zero-order valence-corrected chi connectivity index (χ0v) is 19.1. The Kier molecular flexibility index (Phi) is 6.75. The Morgan fingerprint density at radius 1 is 0.931 bits per heavy atom. The van der Waals surface area contributed by atoms with Gasteiger partial charge in [-0.05, 0) is 89.4 Å². The summed E-state index contributed by atoms with van der Waals surface area (Å²) in [6, 6.07) is 1.83. The van der Waals surface area contributed by atoms with Crippen LogP contribution < -0.4 is 4.90 Å². The first-order valence-electron chi connectivity index (χ1n) is 12.1. The molecule has 0 aliphatic carbocycles. The molecule has 0 spiro atoms. The van der Waals surface area contributed by atoms with E-state index in [9.17, 15) is 0 Å². The van der Waals surface area contributed by atoms with Gasteiger partial charge < -0.3 is 9.80 Å². The average Bonchev–Trinajstić information content (AvgIpc) is 2.97. The van der Waals surface area contributed by atoms with Crippen molar-refractivity contribution in [1.29, 1.82) is 0 Å². The quantitative estimate of drug-likeness (QED) is 0.688. The van der Waals surface area contributed by atoms with E-state index in [0.717, 1.165) is 25.0 Å². The summed E-state index contributed by atoms with van der Waals surface area (Å²) in [6.45, 7) is 15.3. The van der Waals surface area contributed by atoms with E-state index in [1.165, 1.54) is 63.7 Å². The lowest BCUT2D eigenvalue weighted by atomic mass is 9.91. The van der Waals surface area contributed by atoms with Crippen molar-refractivity contribution in [2.45, 2.75) is 90.3 Å². The minimum atomic E-state index is 0.594. The maximum atomic E-state index is 4.86. The molecule has 3 saturated heterocycles. The van der Waals surface area contributed by atoms with E-state index in [-0.39, 0.29) is 0 Å². The van der Waals surface area contributed by atoms with Crippen molar-refractivity contribution in [2.24, 2.45) is 5.92 Å². The predicted molar refractivity (Wildman–Crippen MR) is 121 cm³/mol. The Bertz CT molecular complexity index is 621. The molecule has 0 N–H and O–H groups in total. The highest BCUT2D eigenvalue weighted by Gasteiger charge is 2.41. The molecule has 4 heterocycles. The fourth-order valence-electron chi connectivity index (χ4n) is 5.57. The van der Waals surface area contributed by atoms with E-state index >= 15 is 0 Å². The maximum Gasteiger partial charge on any atom is 0.225 e. The minimum Gasteiger partial charge on any atom is -0.332 e. The van der Waals surface area contributed by atoms with Crippen LogP contribution in [0.1, 0.15) is 77.7 Å². The van der Waals surface area contributed by atoms with Gasteiger partial charge in [0, 0.05) is 43.6 Å². The molecule has 162 valence electrons. The number of fused-ring (bicyclic) bond motifs is 2. The van der Waals surface area contributed by atoms with Gasteiger partial charge >= 0.3 is 0 Å². The topological polar surface area (TPSA) is 35.5 Å². The van der Waals surface area contributed by atoms with Crippen molar-refractivity contribution < 1.29 is 0 Å². The lowest BCUT2D eigenvalue weighted by Gasteiger charge is -2.42. The summed E-state index contributed by atoms with van der Waals surface area (Å²) in [5.41, 5.74) is 1.35. The summed E-state index contributed by atoms with van der Waals surface area (Å²) >= 11 is 0. The van der Waals surface area contributed by atoms with Crippen LogP contribution >= 0.6 is 0 Å². The molecule has 5 nitrogen and oxygen atoms in total. The highest BCUT2D eigenvalue weighted by atomic mass is 15.4. The third-order valence-corrected chi connectivity index (χ3v) is 7.44. The largest absolute Gasteiger partial charge is 0.332 e. The zero-order chi connectivity index (χ0) is 20.4. The smallest absolute Gasteiger partial charge is 0.225 e. The normalized spacial score (nSPS) is 26.8. The van der Waals surface area contributed by atoms with Crippen molar-refractivity contribution in [1.82, 2.24) is 19.8 Å². The SMILES string of the molecule is CC(C)CCCN1CCC(c2cnc(N3C4CCC3CN(C(C)C)C4)nc2)CC1. The third kappa shape index (κ3) is 4.93. The molecule has 2 bridgehead atoms. The lowest BCUT2D eigenvalue weighted by molar-refractivity contribution is 0.176. The Hall–Kier alpha value is -1.20. The van der Waals surface area contributed by atoms with Gasteiger partial charge in [-0.25, -0.2) is 9.97 Å². The third-order valence-electron chi connectivity index (χ3n) is 7.44. The zero-order valence-electron chi connectivity index (χ0n) is 19.1. The Labute approximate surface area is 177 Å². The molecular weight excluding hydrogens is 358 g/mol. The van der Waals surface area contributed by atoms with E-state index in [2.05, 4.69) is 54.8 Å². The molecule has 2 atom stereocenters. The minimum absolute atomic E-state index is 0.594. The van der Waals surface area contributed by atoms with Crippen LogP contribution in [0.15, 0.2) is 12.4 Å². The van der Waals surface area contributed by atoms with E-state index in [0.29, 0.717) is 24.0 Å². The van der Waals surface area contributed by atoms with Gasteiger partial charge in [0.25, 0.3) is 0 Å². The Balaban J connectivity index is 1.30. The number of piperidine rings is 1. The summed E-state index contributed by atoms with van der Waals surface area (Å²) in [7, 11) is 0. The number of anilines is 1. The van der Waals surface area contributed by atoms with Gasteiger partial charge in [-0.1, -0.05) is 13.8 Å². The van der Waals surface area contributed by atoms with Crippen LogP contribution in [-0.4, -0.2) is 70.6 Å². The first kappa shape index (κ1) is 21.0. The second-order valence-electron chi connectivity index (χ2n) is 10.3. The molecule has 0 aromatic carbocycles. The van der Waals surface area contributed by atoms with Crippen molar-refractivity contribution in [3.8, 4) is 0 Å². The molecule has 1 aromatic rings. The van der Waals surface area contributed by atoms with E-state index < -0.39 is 0 Å². The van der Waals surface area contributed by atoms with Gasteiger partial charge in [-0.2, -0.15) is 0 Å². The second kappa shape index (κ2) is 9.30. The maximum absolute atomic E-state index is 4.86. The van der Waals surface area contributed by atoms with Crippen LogP contribution in [-0.2, 0) is 0 Å². The summed E-state index contributed by atoms with van der Waals surface area (Å²) in [6.07, 6.45) is 12.0. The van der Waals surface area contributed by atoms with Crippen LogP contribution in [0.5, 0.6) is 0 Å². The van der Waals surface area contributed by atoms with Gasteiger partial charge in [0.05, 0.1) is 0 Å². The lowest BCUT2D eigenvalue weighted by Crippen LogP contribution is -2.56. The van der Waals surface area contributed by atoms with Crippen LogP contribution in [0.4, 0.5) is 5.95 Å². The summed E-state index contributed by atoms with van der Waals surface area (Å²) in [5.74, 6) is 2.43.